The highest BCUT2D eigenvalue weighted by Crippen LogP contribution is 2.15. The molecule has 6 nitrogen and oxygen atoms in total. The molecular weight excluding hydrogens is 258 g/mol. The minimum absolute atomic E-state index is 0.297. The van der Waals surface area contributed by atoms with Crippen LogP contribution in [0.4, 0.5) is 0 Å². The van der Waals surface area contributed by atoms with Crippen molar-refractivity contribution in [3.63, 3.8) is 0 Å². The second kappa shape index (κ2) is 4.58. The number of aromatic nitrogens is 3. The van der Waals surface area contributed by atoms with Crippen LogP contribution in [-0.2, 0) is 0 Å². The van der Waals surface area contributed by atoms with Crippen molar-refractivity contribution in [1.82, 2.24) is 14.5 Å². The Morgan fingerprint density at radius 2 is 2.00 bits per heavy atom. The first-order chi connectivity index (χ1) is 9.68. The molecular formula is C14H9N3O3. The summed E-state index contributed by atoms with van der Waals surface area (Å²) in [5.74, 6) is -0.815. The van der Waals surface area contributed by atoms with E-state index in [4.69, 9.17) is 5.11 Å². The van der Waals surface area contributed by atoms with Crippen molar-refractivity contribution in [3.05, 3.63) is 64.8 Å². The molecule has 0 atom stereocenters. The van der Waals surface area contributed by atoms with E-state index in [9.17, 15) is 9.59 Å². The predicted molar refractivity (Wildman–Crippen MR) is 72.1 cm³/mol. The van der Waals surface area contributed by atoms with Crippen LogP contribution in [0.3, 0.4) is 0 Å². The van der Waals surface area contributed by atoms with Gasteiger partial charge in [0.1, 0.15) is 5.56 Å². The van der Waals surface area contributed by atoms with Crippen LogP contribution in [-0.4, -0.2) is 25.6 Å². The summed E-state index contributed by atoms with van der Waals surface area (Å²) in [4.78, 5) is 31.4. The quantitative estimate of drug-likeness (QED) is 0.760. The van der Waals surface area contributed by atoms with Crippen LogP contribution in [0.2, 0.25) is 0 Å². The zero-order chi connectivity index (χ0) is 14.1. The maximum Gasteiger partial charge on any atom is 0.341 e. The van der Waals surface area contributed by atoms with Crippen molar-refractivity contribution in [1.29, 1.82) is 0 Å². The molecule has 3 rings (SSSR count). The average Bonchev–Trinajstić information content (AvgIpc) is 2.48. The smallest absolute Gasteiger partial charge is 0.341 e. The Labute approximate surface area is 113 Å². The molecule has 1 N–H and O–H groups in total. The van der Waals surface area contributed by atoms with E-state index >= 15 is 0 Å². The molecule has 0 bridgehead atoms. The molecule has 0 unspecified atom stereocenters. The molecule has 2 heterocycles. The van der Waals surface area contributed by atoms with E-state index in [-0.39, 0.29) is 5.56 Å². The normalized spacial score (nSPS) is 10.6. The van der Waals surface area contributed by atoms with Gasteiger partial charge in [0, 0.05) is 24.0 Å². The third-order valence-corrected chi connectivity index (χ3v) is 2.94. The Kier molecular flexibility index (Phi) is 2.76. The maximum atomic E-state index is 12.1. The molecule has 6 heteroatoms. The highest BCUT2D eigenvalue weighted by atomic mass is 16.4. The Bertz CT molecular complexity index is 856. The number of benzene rings is 1. The number of carboxylic acids is 1. The monoisotopic (exact) mass is 267 g/mol. The molecule has 0 spiro atoms. The lowest BCUT2D eigenvalue weighted by Crippen LogP contribution is -2.18. The van der Waals surface area contributed by atoms with Crippen molar-refractivity contribution in [2.75, 3.05) is 0 Å². The summed E-state index contributed by atoms with van der Waals surface area (Å²) in [7, 11) is 0. The largest absolute Gasteiger partial charge is 0.477 e. The molecule has 0 saturated carbocycles. The number of para-hydroxylation sites is 1. The lowest BCUT2D eigenvalue weighted by Gasteiger charge is -2.10. The molecule has 0 saturated heterocycles. The fourth-order valence-corrected chi connectivity index (χ4v) is 2.04. The Hall–Kier alpha value is -3.02. The molecule has 2 aromatic heterocycles. The van der Waals surface area contributed by atoms with Crippen molar-refractivity contribution >= 4 is 16.9 Å². The van der Waals surface area contributed by atoms with Crippen molar-refractivity contribution in [2.24, 2.45) is 0 Å². The van der Waals surface area contributed by atoms with Gasteiger partial charge in [-0.1, -0.05) is 12.1 Å². The van der Waals surface area contributed by atoms with E-state index in [1.54, 1.807) is 28.8 Å². The van der Waals surface area contributed by atoms with Crippen LogP contribution in [0, 0.1) is 0 Å². The van der Waals surface area contributed by atoms with Crippen molar-refractivity contribution in [3.8, 4) is 5.82 Å². The minimum Gasteiger partial charge on any atom is -0.477 e. The van der Waals surface area contributed by atoms with Crippen LogP contribution in [0.25, 0.3) is 16.7 Å². The first-order valence-electron chi connectivity index (χ1n) is 5.82. The van der Waals surface area contributed by atoms with Gasteiger partial charge in [-0.2, -0.15) is 0 Å². The molecule has 0 radical (unpaired) electrons. The second-order valence-electron chi connectivity index (χ2n) is 4.13. The Balaban J connectivity index is 2.46. The van der Waals surface area contributed by atoms with Gasteiger partial charge in [-0.25, -0.2) is 9.78 Å². The highest BCUT2D eigenvalue weighted by Gasteiger charge is 2.15. The molecule has 0 amide bonds. The topological polar surface area (TPSA) is 85.1 Å². The van der Waals surface area contributed by atoms with Gasteiger partial charge in [0.25, 0.3) is 0 Å². The first-order valence-corrected chi connectivity index (χ1v) is 5.82. The van der Waals surface area contributed by atoms with Crippen molar-refractivity contribution in [2.45, 2.75) is 0 Å². The van der Waals surface area contributed by atoms with Gasteiger partial charge in [-0.3, -0.25) is 14.3 Å². The summed E-state index contributed by atoms with van der Waals surface area (Å²) in [6.07, 6.45) is 5.80. The molecule has 3 aromatic rings. The molecule has 0 fully saturated rings. The number of carbonyl (C=O) groups is 1. The maximum absolute atomic E-state index is 12.1. The molecule has 0 aliphatic heterocycles. The fraction of sp³-hybridized carbons (Fsp3) is 0. The van der Waals surface area contributed by atoms with Crippen LogP contribution >= 0.6 is 0 Å². The average molecular weight is 267 g/mol. The van der Waals surface area contributed by atoms with Gasteiger partial charge < -0.3 is 5.11 Å². The fourth-order valence-electron chi connectivity index (χ4n) is 2.04. The summed E-state index contributed by atoms with van der Waals surface area (Å²) in [5, 5.41) is 9.48. The third-order valence-electron chi connectivity index (χ3n) is 2.94. The summed E-state index contributed by atoms with van der Waals surface area (Å²) in [6.45, 7) is 0. The van der Waals surface area contributed by atoms with Gasteiger partial charge >= 0.3 is 5.97 Å². The van der Waals surface area contributed by atoms with Gasteiger partial charge in [-0.15, -0.1) is 0 Å². The Morgan fingerprint density at radius 1 is 1.20 bits per heavy atom. The molecule has 20 heavy (non-hydrogen) atoms. The highest BCUT2D eigenvalue weighted by molar-refractivity contribution is 5.93. The second-order valence-corrected chi connectivity index (χ2v) is 4.13. The van der Waals surface area contributed by atoms with Crippen LogP contribution in [0.5, 0.6) is 0 Å². The first kappa shape index (κ1) is 12.0. The van der Waals surface area contributed by atoms with E-state index in [0.29, 0.717) is 16.7 Å². The van der Waals surface area contributed by atoms with E-state index in [1.807, 2.05) is 0 Å². The van der Waals surface area contributed by atoms with Gasteiger partial charge in [0.2, 0.25) is 5.43 Å². The number of hydrogen-bond donors (Lipinski definition) is 1. The lowest BCUT2D eigenvalue weighted by atomic mass is 10.1. The number of rotatable bonds is 2. The standard InChI is InChI=1S/C14H9N3O3/c18-13-9-3-1-2-4-11(9)17(8-10(13)14(19)20)12-7-15-5-6-16-12/h1-8H,(H,19,20). The third kappa shape index (κ3) is 1.83. The number of pyridine rings is 1. The summed E-state index contributed by atoms with van der Waals surface area (Å²) in [5.41, 5.74) is -0.217. The molecule has 0 aliphatic rings. The number of nitrogens with zero attached hydrogens (tertiary/aromatic N) is 3. The number of hydrogen-bond acceptors (Lipinski definition) is 4. The zero-order valence-corrected chi connectivity index (χ0v) is 10.2. The summed E-state index contributed by atoms with van der Waals surface area (Å²) < 4.78 is 1.55. The molecule has 98 valence electrons. The van der Waals surface area contributed by atoms with Crippen molar-refractivity contribution < 1.29 is 9.90 Å². The van der Waals surface area contributed by atoms with E-state index in [2.05, 4.69) is 9.97 Å². The summed E-state index contributed by atoms with van der Waals surface area (Å²) in [6, 6.07) is 6.79. The summed E-state index contributed by atoms with van der Waals surface area (Å²) >= 11 is 0. The van der Waals surface area contributed by atoms with Crippen LogP contribution < -0.4 is 5.43 Å². The SMILES string of the molecule is O=C(O)c1cn(-c2cnccn2)c2ccccc2c1=O. The predicted octanol–water partition coefficient (Wildman–Crippen LogP) is 1.48. The van der Waals surface area contributed by atoms with E-state index < -0.39 is 11.4 Å². The number of aromatic carboxylic acids is 1. The van der Waals surface area contributed by atoms with E-state index in [1.165, 1.54) is 24.8 Å². The van der Waals surface area contributed by atoms with Gasteiger partial charge in [0.15, 0.2) is 5.82 Å². The lowest BCUT2D eigenvalue weighted by molar-refractivity contribution is 0.0695. The van der Waals surface area contributed by atoms with E-state index in [0.717, 1.165) is 0 Å². The number of fused-ring (bicyclic) bond motifs is 1. The van der Waals surface area contributed by atoms with Crippen LogP contribution in [0.15, 0.2) is 53.8 Å². The van der Waals surface area contributed by atoms with Crippen LogP contribution in [0.1, 0.15) is 10.4 Å². The van der Waals surface area contributed by atoms with Gasteiger partial charge in [-0.05, 0) is 12.1 Å². The zero-order valence-electron chi connectivity index (χ0n) is 10.2. The number of carboxylic acid groups (broad SMARTS) is 1. The Morgan fingerprint density at radius 3 is 2.70 bits per heavy atom. The van der Waals surface area contributed by atoms with Gasteiger partial charge in [0.05, 0.1) is 11.7 Å². The minimum atomic E-state index is -1.27. The molecule has 1 aromatic carbocycles. The molecule has 0 aliphatic carbocycles.